The lowest BCUT2D eigenvalue weighted by Gasteiger charge is -2.30. The van der Waals surface area contributed by atoms with Crippen LogP contribution in [0.25, 0.3) is 0 Å². The van der Waals surface area contributed by atoms with Crippen LogP contribution in [0.4, 0.5) is 17.1 Å². The minimum absolute atomic E-state index is 0.0929. The van der Waals surface area contributed by atoms with Crippen LogP contribution in [0, 0.1) is 27.4 Å². The molecule has 1 saturated heterocycles. The molecule has 1 aliphatic heterocycles. The number of nitro groups is 1. The monoisotopic (exact) mass is 400 g/mol. The summed E-state index contributed by atoms with van der Waals surface area (Å²) in [5, 5.41) is 23.4. The quantitative estimate of drug-likeness (QED) is 0.605. The number of piperidine rings is 1. The fourth-order valence-corrected chi connectivity index (χ4v) is 4.88. The second-order valence-corrected chi connectivity index (χ2v) is 8.80. The minimum Gasteiger partial charge on any atom is -0.350 e. The number of nitrogens with zero attached hydrogens (tertiary/aromatic N) is 3. The molecule has 146 valence electrons. The summed E-state index contributed by atoms with van der Waals surface area (Å²) >= 11 is 0. The first-order valence-corrected chi connectivity index (χ1v) is 10.3. The molecule has 1 fully saturated rings. The fraction of sp³-hybridized carbons (Fsp3) is 0.316. The Morgan fingerprint density at radius 1 is 1.29 bits per heavy atom. The zero-order chi connectivity index (χ0) is 20.3. The number of nitriles is 1. The highest BCUT2D eigenvalue weighted by Gasteiger charge is 2.30. The molecule has 2 aromatic carbocycles. The van der Waals surface area contributed by atoms with E-state index in [1.165, 1.54) is 16.4 Å². The summed E-state index contributed by atoms with van der Waals surface area (Å²) in [6.45, 7) is 2.82. The molecule has 2 aromatic rings. The average Bonchev–Trinajstić information content (AvgIpc) is 2.68. The molecule has 28 heavy (non-hydrogen) atoms. The van der Waals surface area contributed by atoms with Crippen LogP contribution in [-0.2, 0) is 10.0 Å². The Hall–Kier alpha value is -2.96. The maximum Gasteiger partial charge on any atom is 0.294 e. The second-order valence-electron chi connectivity index (χ2n) is 6.86. The van der Waals surface area contributed by atoms with Gasteiger partial charge in [0.05, 0.1) is 21.5 Å². The molecule has 0 amide bonds. The summed E-state index contributed by atoms with van der Waals surface area (Å²) in [5.74, 6) is 0.256. The molecular formula is C19H20N4O4S. The van der Waals surface area contributed by atoms with E-state index >= 15 is 0 Å². The molecule has 0 unspecified atom stereocenters. The number of hydrogen-bond donors (Lipinski definition) is 1. The van der Waals surface area contributed by atoms with Crippen molar-refractivity contribution in [2.24, 2.45) is 5.92 Å². The average molecular weight is 400 g/mol. The van der Waals surface area contributed by atoms with Gasteiger partial charge in [-0.2, -0.15) is 9.57 Å². The highest BCUT2D eigenvalue weighted by Crippen LogP contribution is 2.32. The van der Waals surface area contributed by atoms with Crippen molar-refractivity contribution < 1.29 is 13.3 Å². The normalized spacial score (nSPS) is 17.6. The minimum atomic E-state index is -3.79. The standard InChI is InChI=1S/C19H20N4O4S/c1-14-4-3-9-22(13-14)28(26,27)17-7-8-18(19(11-17)23(24)25)21-16-6-2-5-15(10-16)12-20/h2,5-8,10-11,14,21H,3-4,9,13H2,1H3/t14-/m0/s1. The lowest BCUT2D eigenvalue weighted by molar-refractivity contribution is -0.384. The molecule has 0 radical (unpaired) electrons. The van der Waals surface area contributed by atoms with Crippen LogP contribution < -0.4 is 5.32 Å². The van der Waals surface area contributed by atoms with Gasteiger partial charge in [-0.15, -0.1) is 0 Å². The Bertz CT molecular complexity index is 1050. The molecule has 3 rings (SSSR count). The van der Waals surface area contributed by atoms with E-state index in [0.29, 0.717) is 24.3 Å². The summed E-state index contributed by atoms with van der Waals surface area (Å²) in [5.41, 5.74) is 0.730. The van der Waals surface area contributed by atoms with Crippen LogP contribution in [0.5, 0.6) is 0 Å². The van der Waals surface area contributed by atoms with Crippen molar-refractivity contribution >= 4 is 27.1 Å². The van der Waals surface area contributed by atoms with Gasteiger partial charge in [0.25, 0.3) is 5.69 Å². The molecule has 0 aliphatic carbocycles. The fourth-order valence-electron chi connectivity index (χ4n) is 3.26. The van der Waals surface area contributed by atoms with E-state index in [2.05, 4.69) is 5.32 Å². The largest absolute Gasteiger partial charge is 0.350 e. The Morgan fingerprint density at radius 2 is 2.07 bits per heavy atom. The smallest absolute Gasteiger partial charge is 0.294 e. The lowest BCUT2D eigenvalue weighted by atomic mass is 10.0. The van der Waals surface area contributed by atoms with Crippen molar-refractivity contribution in [1.29, 1.82) is 5.26 Å². The SMILES string of the molecule is C[C@H]1CCCN(S(=O)(=O)c2ccc(Nc3cccc(C#N)c3)c([N+](=O)[O-])c2)C1. The van der Waals surface area contributed by atoms with Gasteiger partial charge in [-0.25, -0.2) is 8.42 Å². The second kappa shape index (κ2) is 7.96. The highest BCUT2D eigenvalue weighted by atomic mass is 32.2. The summed E-state index contributed by atoms with van der Waals surface area (Å²) in [7, 11) is -3.79. The molecule has 8 nitrogen and oxygen atoms in total. The van der Waals surface area contributed by atoms with Crippen LogP contribution in [0.3, 0.4) is 0 Å². The maximum atomic E-state index is 12.9. The molecule has 1 N–H and O–H groups in total. The Morgan fingerprint density at radius 3 is 2.75 bits per heavy atom. The van der Waals surface area contributed by atoms with Crippen LogP contribution in [-0.4, -0.2) is 30.7 Å². The number of hydrogen-bond acceptors (Lipinski definition) is 6. The zero-order valence-electron chi connectivity index (χ0n) is 15.3. The summed E-state index contributed by atoms with van der Waals surface area (Å²) < 4.78 is 27.2. The van der Waals surface area contributed by atoms with Gasteiger partial charge < -0.3 is 5.32 Å². The van der Waals surface area contributed by atoms with Crippen molar-refractivity contribution in [2.45, 2.75) is 24.7 Å². The van der Waals surface area contributed by atoms with Gasteiger partial charge in [0.1, 0.15) is 5.69 Å². The third-order valence-corrected chi connectivity index (χ3v) is 6.56. The van der Waals surface area contributed by atoms with Gasteiger partial charge in [0.2, 0.25) is 10.0 Å². The molecule has 1 atom stereocenters. The van der Waals surface area contributed by atoms with Crippen molar-refractivity contribution in [1.82, 2.24) is 4.31 Å². The predicted molar refractivity (Wildman–Crippen MR) is 105 cm³/mol. The molecule has 1 heterocycles. The van der Waals surface area contributed by atoms with Crippen LogP contribution in [0.2, 0.25) is 0 Å². The number of rotatable bonds is 5. The van der Waals surface area contributed by atoms with E-state index in [-0.39, 0.29) is 22.2 Å². The molecule has 1 aliphatic rings. The van der Waals surface area contributed by atoms with E-state index < -0.39 is 14.9 Å². The van der Waals surface area contributed by atoms with Crippen molar-refractivity contribution in [2.75, 3.05) is 18.4 Å². The number of anilines is 2. The van der Waals surface area contributed by atoms with Gasteiger partial charge in [-0.1, -0.05) is 13.0 Å². The number of sulfonamides is 1. The predicted octanol–water partition coefficient (Wildman–Crippen LogP) is 3.63. The summed E-state index contributed by atoms with van der Waals surface area (Å²) in [6.07, 6.45) is 1.74. The summed E-state index contributed by atoms with van der Waals surface area (Å²) in [6, 6.07) is 12.4. The van der Waals surface area contributed by atoms with E-state index in [9.17, 15) is 18.5 Å². The van der Waals surface area contributed by atoms with Gasteiger partial charge >= 0.3 is 0 Å². The zero-order valence-corrected chi connectivity index (χ0v) is 16.1. The van der Waals surface area contributed by atoms with Crippen molar-refractivity contribution in [3.63, 3.8) is 0 Å². The van der Waals surface area contributed by atoms with E-state index in [1.807, 2.05) is 13.0 Å². The number of nitro benzene ring substituents is 1. The van der Waals surface area contributed by atoms with E-state index in [0.717, 1.165) is 18.9 Å². The molecule has 0 spiro atoms. The Labute approximate surface area is 163 Å². The first-order chi connectivity index (χ1) is 13.3. The third kappa shape index (κ3) is 4.13. The van der Waals surface area contributed by atoms with Crippen molar-refractivity contribution in [3.8, 4) is 6.07 Å². The van der Waals surface area contributed by atoms with Crippen molar-refractivity contribution in [3.05, 3.63) is 58.1 Å². The number of nitrogens with one attached hydrogen (secondary N) is 1. The first kappa shape index (κ1) is 19.8. The van der Waals surface area contributed by atoms with Gasteiger partial charge in [-0.3, -0.25) is 10.1 Å². The van der Waals surface area contributed by atoms with Gasteiger partial charge in [0.15, 0.2) is 0 Å². The van der Waals surface area contributed by atoms with Gasteiger partial charge in [0, 0.05) is 24.8 Å². The third-order valence-electron chi connectivity index (χ3n) is 4.69. The van der Waals surface area contributed by atoms with Crippen LogP contribution in [0.15, 0.2) is 47.4 Å². The molecule has 0 saturated carbocycles. The molecular weight excluding hydrogens is 380 g/mol. The Kier molecular flexibility index (Phi) is 5.63. The van der Waals surface area contributed by atoms with Gasteiger partial charge in [-0.05, 0) is 49.1 Å². The first-order valence-electron chi connectivity index (χ1n) is 8.87. The lowest BCUT2D eigenvalue weighted by Crippen LogP contribution is -2.39. The highest BCUT2D eigenvalue weighted by molar-refractivity contribution is 7.89. The topological polar surface area (TPSA) is 116 Å². The van der Waals surface area contributed by atoms with Crippen LogP contribution in [0.1, 0.15) is 25.3 Å². The number of benzene rings is 2. The summed E-state index contributed by atoms with van der Waals surface area (Å²) in [4.78, 5) is 10.8. The Balaban J connectivity index is 1.95. The van der Waals surface area contributed by atoms with E-state index in [4.69, 9.17) is 5.26 Å². The molecule has 0 aromatic heterocycles. The molecule has 9 heteroatoms. The van der Waals surface area contributed by atoms with E-state index in [1.54, 1.807) is 24.3 Å². The van der Waals surface area contributed by atoms with Crippen LogP contribution >= 0.6 is 0 Å². The molecule has 0 bridgehead atoms. The maximum absolute atomic E-state index is 12.9.